The number of aromatic nitrogens is 4. The van der Waals surface area contributed by atoms with Crippen LogP contribution in [0, 0.1) is 0 Å². The van der Waals surface area contributed by atoms with Gasteiger partial charge in [-0.15, -0.1) is 0 Å². The highest BCUT2D eigenvalue weighted by Crippen LogP contribution is 2.34. The van der Waals surface area contributed by atoms with Crippen molar-refractivity contribution in [3.63, 3.8) is 0 Å². The normalized spacial score (nSPS) is 16.0. The molecule has 6 rings (SSSR count). The van der Waals surface area contributed by atoms with Gasteiger partial charge in [0.05, 0.1) is 24.0 Å². The summed E-state index contributed by atoms with van der Waals surface area (Å²) in [4.78, 5) is 37.3. The summed E-state index contributed by atoms with van der Waals surface area (Å²) in [5.41, 5.74) is 2.63. The minimum Gasteiger partial charge on any atom is -0.337 e. The Morgan fingerprint density at radius 3 is 2.41 bits per heavy atom. The minimum absolute atomic E-state index is 0.00774. The fraction of sp³-hybridized carbons (Fsp3) is 0.250. The summed E-state index contributed by atoms with van der Waals surface area (Å²) in [6.07, 6.45) is 1.35. The van der Waals surface area contributed by atoms with E-state index in [0.29, 0.717) is 49.3 Å². The van der Waals surface area contributed by atoms with Crippen LogP contribution in [0.15, 0.2) is 73.2 Å². The zero-order chi connectivity index (χ0) is 27.1. The second-order valence-corrected chi connectivity index (χ2v) is 9.55. The fourth-order valence-corrected chi connectivity index (χ4v) is 5.26. The molecule has 0 saturated carbocycles. The van der Waals surface area contributed by atoms with Gasteiger partial charge in [-0.3, -0.25) is 14.6 Å². The number of carbonyl (C=O) groups excluding carboxylic acids is 2. The number of alkyl halides is 3. The lowest BCUT2D eigenvalue weighted by molar-refractivity contribution is -0.141. The van der Waals surface area contributed by atoms with Gasteiger partial charge in [-0.25, -0.2) is 9.67 Å². The quantitative estimate of drug-likeness (QED) is 0.385. The molecule has 0 bridgehead atoms. The fourth-order valence-electron chi connectivity index (χ4n) is 5.26. The third-order valence-corrected chi connectivity index (χ3v) is 7.17. The smallest absolute Gasteiger partial charge is 0.337 e. The highest BCUT2D eigenvalue weighted by molar-refractivity contribution is 6.02. The number of pyridine rings is 2. The van der Waals surface area contributed by atoms with Gasteiger partial charge in [-0.2, -0.15) is 18.3 Å². The van der Waals surface area contributed by atoms with Crippen LogP contribution in [0.2, 0.25) is 0 Å². The highest BCUT2D eigenvalue weighted by atomic mass is 19.4. The van der Waals surface area contributed by atoms with E-state index >= 15 is 0 Å². The molecule has 2 amide bonds. The van der Waals surface area contributed by atoms with E-state index in [1.807, 2.05) is 29.2 Å². The summed E-state index contributed by atoms with van der Waals surface area (Å²) >= 11 is 0. The zero-order valence-electron chi connectivity index (χ0n) is 20.7. The Labute approximate surface area is 221 Å². The number of amides is 2. The maximum atomic E-state index is 13.5. The number of para-hydroxylation sites is 1. The van der Waals surface area contributed by atoms with Crippen LogP contribution in [0.25, 0.3) is 16.9 Å². The van der Waals surface area contributed by atoms with Crippen LogP contribution in [-0.2, 0) is 17.4 Å². The van der Waals surface area contributed by atoms with E-state index in [1.165, 1.54) is 10.7 Å². The summed E-state index contributed by atoms with van der Waals surface area (Å²) in [6.45, 7) is 0.906. The molecule has 11 heteroatoms. The van der Waals surface area contributed by atoms with Crippen molar-refractivity contribution in [1.82, 2.24) is 24.6 Å². The summed E-state index contributed by atoms with van der Waals surface area (Å²) in [7, 11) is 0. The minimum atomic E-state index is -4.56. The van der Waals surface area contributed by atoms with E-state index in [1.54, 1.807) is 35.5 Å². The molecule has 0 radical (unpaired) electrons. The molecule has 1 saturated heterocycles. The van der Waals surface area contributed by atoms with Crippen molar-refractivity contribution < 1.29 is 22.8 Å². The van der Waals surface area contributed by atoms with Crippen LogP contribution in [-0.4, -0.2) is 55.6 Å². The van der Waals surface area contributed by atoms with Crippen LogP contribution in [0.4, 0.5) is 18.9 Å². The van der Waals surface area contributed by atoms with Crippen molar-refractivity contribution in [2.75, 3.05) is 18.0 Å². The van der Waals surface area contributed by atoms with Gasteiger partial charge in [0.1, 0.15) is 5.69 Å². The van der Waals surface area contributed by atoms with Gasteiger partial charge in [-0.05, 0) is 54.8 Å². The van der Waals surface area contributed by atoms with Crippen LogP contribution >= 0.6 is 0 Å². The van der Waals surface area contributed by atoms with Gasteiger partial charge >= 0.3 is 6.18 Å². The predicted octanol–water partition coefficient (Wildman–Crippen LogP) is 4.54. The van der Waals surface area contributed by atoms with Gasteiger partial charge in [0, 0.05) is 42.8 Å². The lowest BCUT2D eigenvalue weighted by atomic mass is 10.0. The second kappa shape index (κ2) is 9.64. The number of rotatable bonds is 4. The maximum Gasteiger partial charge on any atom is 0.433 e. The number of likely N-dealkylation sites (tertiary alicyclic amines) is 1. The Bertz CT molecular complexity index is 1530. The van der Waals surface area contributed by atoms with Crippen molar-refractivity contribution in [2.45, 2.75) is 31.5 Å². The highest BCUT2D eigenvalue weighted by Gasteiger charge is 2.36. The van der Waals surface area contributed by atoms with E-state index in [0.717, 1.165) is 23.5 Å². The topological polar surface area (TPSA) is 84.2 Å². The standard InChI is InChI=1S/C28H23F3N6O2/c29-28(30,31)25-6-5-21(17-33-25)37-24(18-7-11-32-12-8-18)16-22(34-37)27(39)35-13-9-20(10-14-35)36-23-4-2-1-3-19(23)15-26(36)38/h1-8,11-12,16-17,20H,9-10,13-15H2. The number of hydrogen-bond donors (Lipinski definition) is 0. The number of benzene rings is 1. The summed E-state index contributed by atoms with van der Waals surface area (Å²) in [5, 5.41) is 4.48. The SMILES string of the molecule is O=C(c1cc(-c2ccncc2)n(-c2ccc(C(F)(F)F)nc2)n1)N1CCC(N2C(=O)Cc3ccccc32)CC1. The van der Waals surface area contributed by atoms with Crippen molar-refractivity contribution in [3.05, 3.63) is 90.1 Å². The van der Waals surface area contributed by atoms with Crippen molar-refractivity contribution in [2.24, 2.45) is 0 Å². The molecular weight excluding hydrogens is 509 g/mol. The van der Waals surface area contributed by atoms with Crippen molar-refractivity contribution >= 4 is 17.5 Å². The molecule has 0 N–H and O–H groups in total. The van der Waals surface area contributed by atoms with E-state index < -0.39 is 11.9 Å². The van der Waals surface area contributed by atoms with E-state index in [9.17, 15) is 22.8 Å². The monoisotopic (exact) mass is 532 g/mol. The Morgan fingerprint density at radius 2 is 1.72 bits per heavy atom. The molecule has 39 heavy (non-hydrogen) atoms. The van der Waals surface area contributed by atoms with Gasteiger partial charge in [0.2, 0.25) is 5.91 Å². The second-order valence-electron chi connectivity index (χ2n) is 9.55. The first-order chi connectivity index (χ1) is 18.8. The van der Waals surface area contributed by atoms with Gasteiger partial charge in [-0.1, -0.05) is 18.2 Å². The molecular formula is C28H23F3N6O2. The molecule has 0 unspecified atom stereocenters. The van der Waals surface area contributed by atoms with E-state index in [2.05, 4.69) is 15.1 Å². The van der Waals surface area contributed by atoms with Crippen molar-refractivity contribution in [3.8, 4) is 16.9 Å². The molecule has 8 nitrogen and oxygen atoms in total. The predicted molar refractivity (Wildman–Crippen MR) is 136 cm³/mol. The van der Waals surface area contributed by atoms with Crippen LogP contribution < -0.4 is 4.90 Å². The molecule has 0 aliphatic carbocycles. The molecule has 1 fully saturated rings. The van der Waals surface area contributed by atoms with Crippen LogP contribution in [0.3, 0.4) is 0 Å². The number of fused-ring (bicyclic) bond motifs is 1. The molecule has 0 spiro atoms. The molecule has 0 atom stereocenters. The number of piperidine rings is 1. The molecule has 5 heterocycles. The molecule has 4 aromatic rings. The summed E-state index contributed by atoms with van der Waals surface area (Å²) in [5.74, 6) is -0.206. The van der Waals surface area contributed by atoms with Gasteiger partial charge in [0.25, 0.3) is 5.91 Å². The Balaban J connectivity index is 1.24. The zero-order valence-corrected chi connectivity index (χ0v) is 20.7. The number of halogens is 3. The van der Waals surface area contributed by atoms with Crippen LogP contribution in [0.1, 0.15) is 34.6 Å². The average Bonchev–Trinajstić information content (AvgIpc) is 3.54. The summed E-state index contributed by atoms with van der Waals surface area (Å²) in [6, 6.07) is 15.0. The Hall–Kier alpha value is -4.54. The number of nitrogens with zero attached hydrogens (tertiary/aromatic N) is 6. The summed E-state index contributed by atoms with van der Waals surface area (Å²) < 4.78 is 40.5. The van der Waals surface area contributed by atoms with E-state index in [-0.39, 0.29) is 23.6 Å². The molecule has 2 aliphatic rings. The molecule has 198 valence electrons. The lowest BCUT2D eigenvalue weighted by Crippen LogP contribution is -2.48. The first-order valence-electron chi connectivity index (χ1n) is 12.5. The third-order valence-electron chi connectivity index (χ3n) is 7.17. The molecule has 3 aromatic heterocycles. The largest absolute Gasteiger partial charge is 0.433 e. The number of anilines is 1. The number of carbonyl (C=O) groups is 2. The number of hydrogen-bond acceptors (Lipinski definition) is 5. The third kappa shape index (κ3) is 4.64. The average molecular weight is 533 g/mol. The van der Waals surface area contributed by atoms with Gasteiger partial charge in [0.15, 0.2) is 5.69 Å². The Morgan fingerprint density at radius 1 is 0.974 bits per heavy atom. The molecule has 2 aliphatic heterocycles. The van der Waals surface area contributed by atoms with Crippen LogP contribution in [0.5, 0.6) is 0 Å². The van der Waals surface area contributed by atoms with Gasteiger partial charge < -0.3 is 9.80 Å². The Kier molecular flexibility index (Phi) is 6.13. The first-order valence-corrected chi connectivity index (χ1v) is 12.5. The molecule has 1 aromatic carbocycles. The maximum absolute atomic E-state index is 13.5. The van der Waals surface area contributed by atoms with Crippen molar-refractivity contribution in [1.29, 1.82) is 0 Å². The first kappa shape index (κ1) is 24.8. The van der Waals surface area contributed by atoms with E-state index in [4.69, 9.17) is 0 Å². The lowest BCUT2D eigenvalue weighted by Gasteiger charge is -2.36.